The van der Waals surface area contributed by atoms with E-state index in [1.165, 1.54) is 34.8 Å². The van der Waals surface area contributed by atoms with Crippen molar-refractivity contribution in [3.05, 3.63) is 21.4 Å². The average Bonchev–Trinajstić information content (AvgIpc) is 2.72. The molecule has 1 aliphatic heterocycles. The Morgan fingerprint density at radius 2 is 2.00 bits per heavy atom. The summed E-state index contributed by atoms with van der Waals surface area (Å²) in [7, 11) is 0. The highest BCUT2D eigenvalue weighted by molar-refractivity contribution is 7.12. The first-order chi connectivity index (χ1) is 9.74. The van der Waals surface area contributed by atoms with Crippen molar-refractivity contribution in [1.82, 2.24) is 10.2 Å². The number of piperidine rings is 1. The molecule has 120 valence electrons. The van der Waals surface area contributed by atoms with Crippen molar-refractivity contribution in [2.75, 3.05) is 13.1 Å². The normalized spacial score (nSPS) is 24.5. The Kier molecular flexibility index (Phi) is 5.50. The van der Waals surface area contributed by atoms with Gasteiger partial charge in [-0.1, -0.05) is 13.8 Å². The fourth-order valence-corrected chi connectivity index (χ4v) is 3.91. The van der Waals surface area contributed by atoms with Gasteiger partial charge in [-0.25, -0.2) is 0 Å². The van der Waals surface area contributed by atoms with Gasteiger partial charge in [0.05, 0.1) is 0 Å². The van der Waals surface area contributed by atoms with E-state index in [9.17, 15) is 0 Å². The van der Waals surface area contributed by atoms with Gasteiger partial charge in [0.2, 0.25) is 0 Å². The lowest BCUT2D eigenvalue weighted by molar-refractivity contribution is 0.132. The number of hydrogen-bond acceptors (Lipinski definition) is 3. The van der Waals surface area contributed by atoms with E-state index in [1.54, 1.807) is 0 Å². The molecule has 1 fully saturated rings. The first-order valence-electron chi connectivity index (χ1n) is 8.30. The van der Waals surface area contributed by atoms with Gasteiger partial charge in [-0.2, -0.15) is 0 Å². The van der Waals surface area contributed by atoms with Crippen molar-refractivity contribution in [3.63, 3.8) is 0 Å². The summed E-state index contributed by atoms with van der Waals surface area (Å²) >= 11 is 1.96. The molecule has 1 N–H and O–H groups in total. The van der Waals surface area contributed by atoms with Crippen LogP contribution >= 0.6 is 11.3 Å². The van der Waals surface area contributed by atoms with E-state index in [-0.39, 0.29) is 5.54 Å². The lowest BCUT2D eigenvalue weighted by Crippen LogP contribution is -2.37. The molecule has 3 heteroatoms. The number of nitrogens with one attached hydrogen (secondary N) is 1. The summed E-state index contributed by atoms with van der Waals surface area (Å²) in [5.41, 5.74) is 1.73. The molecule has 0 amide bonds. The van der Waals surface area contributed by atoms with E-state index < -0.39 is 0 Å². The highest BCUT2D eigenvalue weighted by Gasteiger charge is 2.23. The van der Waals surface area contributed by atoms with E-state index in [0.717, 1.165) is 24.9 Å². The van der Waals surface area contributed by atoms with Gasteiger partial charge in [0, 0.05) is 34.9 Å². The topological polar surface area (TPSA) is 15.3 Å². The van der Waals surface area contributed by atoms with E-state index in [4.69, 9.17) is 0 Å². The van der Waals surface area contributed by atoms with Crippen molar-refractivity contribution in [3.8, 4) is 0 Å². The van der Waals surface area contributed by atoms with Gasteiger partial charge in [0.1, 0.15) is 0 Å². The summed E-state index contributed by atoms with van der Waals surface area (Å²) in [6.45, 7) is 18.4. The minimum atomic E-state index is 0.191. The SMILES string of the molecule is Cc1sc(CNC(C)(C)C)cc1CN1CCC(C)C(C)C1. The maximum absolute atomic E-state index is 3.59. The number of thiophene rings is 1. The van der Waals surface area contributed by atoms with Crippen LogP contribution in [0.5, 0.6) is 0 Å². The van der Waals surface area contributed by atoms with Crippen LogP contribution in [0.15, 0.2) is 6.07 Å². The molecule has 2 rings (SSSR count). The van der Waals surface area contributed by atoms with Crippen LogP contribution in [0.2, 0.25) is 0 Å². The number of rotatable bonds is 4. The molecule has 0 saturated carbocycles. The first kappa shape index (κ1) is 17.0. The van der Waals surface area contributed by atoms with Gasteiger partial charge in [-0.15, -0.1) is 11.3 Å². The van der Waals surface area contributed by atoms with Crippen LogP contribution in [0.4, 0.5) is 0 Å². The maximum Gasteiger partial charge on any atom is 0.0304 e. The smallest absolute Gasteiger partial charge is 0.0304 e. The molecular weight excluding hydrogens is 276 g/mol. The third kappa shape index (κ3) is 5.08. The Morgan fingerprint density at radius 3 is 2.62 bits per heavy atom. The fourth-order valence-electron chi connectivity index (χ4n) is 2.92. The molecule has 2 unspecified atom stereocenters. The fraction of sp³-hybridized carbons (Fsp3) is 0.778. The zero-order valence-corrected chi connectivity index (χ0v) is 15.4. The third-order valence-corrected chi connectivity index (χ3v) is 5.77. The summed E-state index contributed by atoms with van der Waals surface area (Å²) in [5.74, 6) is 1.72. The Morgan fingerprint density at radius 1 is 1.29 bits per heavy atom. The van der Waals surface area contributed by atoms with Crippen LogP contribution in [-0.4, -0.2) is 23.5 Å². The first-order valence-corrected chi connectivity index (χ1v) is 9.12. The monoisotopic (exact) mass is 308 g/mol. The highest BCUT2D eigenvalue weighted by atomic mass is 32.1. The second-order valence-corrected chi connectivity index (χ2v) is 9.22. The molecule has 2 atom stereocenters. The molecule has 0 bridgehead atoms. The van der Waals surface area contributed by atoms with E-state index >= 15 is 0 Å². The number of hydrogen-bond donors (Lipinski definition) is 1. The standard InChI is InChI=1S/C18H32N2S/c1-13-7-8-20(11-14(13)2)12-16-9-17(21-15(16)3)10-19-18(4,5)6/h9,13-14,19H,7-8,10-12H2,1-6H3. The van der Waals surface area contributed by atoms with Crippen LogP contribution in [0.1, 0.15) is 56.4 Å². The third-order valence-electron chi connectivity index (χ3n) is 4.68. The van der Waals surface area contributed by atoms with Gasteiger partial charge in [0.25, 0.3) is 0 Å². The van der Waals surface area contributed by atoms with E-state index in [1.807, 2.05) is 11.3 Å². The second-order valence-electron chi connectivity index (χ2n) is 7.88. The molecule has 2 heterocycles. The van der Waals surface area contributed by atoms with Crippen molar-refractivity contribution < 1.29 is 0 Å². The summed E-state index contributed by atoms with van der Waals surface area (Å²) in [6.07, 6.45) is 1.35. The van der Waals surface area contributed by atoms with Gasteiger partial charge < -0.3 is 5.32 Å². The van der Waals surface area contributed by atoms with E-state index in [2.05, 4.69) is 57.8 Å². The summed E-state index contributed by atoms with van der Waals surface area (Å²) in [6, 6.07) is 2.42. The van der Waals surface area contributed by atoms with Crippen LogP contribution in [0, 0.1) is 18.8 Å². The van der Waals surface area contributed by atoms with Crippen molar-refractivity contribution in [2.45, 2.75) is 66.6 Å². The van der Waals surface area contributed by atoms with Crippen molar-refractivity contribution >= 4 is 11.3 Å². The lowest BCUT2D eigenvalue weighted by atomic mass is 9.88. The minimum Gasteiger partial charge on any atom is -0.307 e. The van der Waals surface area contributed by atoms with Crippen LogP contribution in [-0.2, 0) is 13.1 Å². The Balaban J connectivity index is 1.93. The Bertz CT molecular complexity index is 458. The lowest BCUT2D eigenvalue weighted by Gasteiger charge is -2.35. The average molecular weight is 309 g/mol. The Hall–Kier alpha value is -0.380. The molecule has 0 radical (unpaired) electrons. The largest absolute Gasteiger partial charge is 0.307 e. The van der Waals surface area contributed by atoms with Crippen molar-refractivity contribution in [1.29, 1.82) is 0 Å². The summed E-state index contributed by atoms with van der Waals surface area (Å²) in [5, 5.41) is 3.59. The molecular formula is C18H32N2S. The Labute approximate surface area is 134 Å². The zero-order valence-electron chi connectivity index (χ0n) is 14.6. The minimum absolute atomic E-state index is 0.191. The zero-order chi connectivity index (χ0) is 15.6. The van der Waals surface area contributed by atoms with Gasteiger partial charge in [0.15, 0.2) is 0 Å². The van der Waals surface area contributed by atoms with Crippen LogP contribution in [0.25, 0.3) is 0 Å². The number of likely N-dealkylation sites (tertiary alicyclic amines) is 1. The molecule has 1 aromatic heterocycles. The van der Waals surface area contributed by atoms with Gasteiger partial charge in [-0.3, -0.25) is 4.90 Å². The number of nitrogens with zero attached hydrogens (tertiary/aromatic N) is 1. The van der Waals surface area contributed by atoms with Crippen molar-refractivity contribution in [2.24, 2.45) is 11.8 Å². The maximum atomic E-state index is 3.59. The predicted molar refractivity (Wildman–Crippen MR) is 93.9 cm³/mol. The molecule has 1 aromatic rings. The second kappa shape index (κ2) is 6.80. The molecule has 1 aliphatic rings. The molecule has 1 saturated heterocycles. The van der Waals surface area contributed by atoms with Crippen LogP contribution < -0.4 is 5.32 Å². The summed E-state index contributed by atoms with van der Waals surface area (Å²) < 4.78 is 0. The predicted octanol–water partition coefficient (Wildman–Crippen LogP) is 4.42. The van der Waals surface area contributed by atoms with Gasteiger partial charge in [-0.05, 0) is 64.1 Å². The molecule has 21 heavy (non-hydrogen) atoms. The molecule has 0 aromatic carbocycles. The van der Waals surface area contributed by atoms with Crippen LogP contribution in [0.3, 0.4) is 0 Å². The van der Waals surface area contributed by atoms with Gasteiger partial charge >= 0.3 is 0 Å². The number of aryl methyl sites for hydroxylation is 1. The highest BCUT2D eigenvalue weighted by Crippen LogP contribution is 2.27. The quantitative estimate of drug-likeness (QED) is 0.885. The summed E-state index contributed by atoms with van der Waals surface area (Å²) in [4.78, 5) is 5.60. The molecule has 0 aliphatic carbocycles. The van der Waals surface area contributed by atoms with E-state index in [0.29, 0.717) is 0 Å². The molecule has 2 nitrogen and oxygen atoms in total. The molecule has 0 spiro atoms.